The van der Waals surface area contributed by atoms with Gasteiger partial charge in [0.1, 0.15) is 5.75 Å². The molecule has 0 saturated carbocycles. The van der Waals surface area contributed by atoms with E-state index >= 15 is 0 Å². The number of amides is 1. The minimum atomic E-state index is -0.243. The van der Waals surface area contributed by atoms with Crippen molar-refractivity contribution in [2.75, 3.05) is 21.2 Å². The zero-order valence-corrected chi connectivity index (χ0v) is 10.9. The third-order valence-electron chi connectivity index (χ3n) is 3.30. The molecule has 0 radical (unpaired) electrons. The summed E-state index contributed by atoms with van der Waals surface area (Å²) in [6.45, 7) is 0. The minimum absolute atomic E-state index is 0.0109. The van der Waals surface area contributed by atoms with E-state index in [9.17, 15) is 9.59 Å². The SMILES string of the molecule is COc1ccc2c(c1)CC(C(=O)N(C)C)CC2=O. The second-order valence-corrected chi connectivity index (χ2v) is 4.78. The van der Waals surface area contributed by atoms with Crippen LogP contribution < -0.4 is 4.74 Å². The lowest BCUT2D eigenvalue weighted by molar-refractivity contribution is -0.133. The van der Waals surface area contributed by atoms with Gasteiger partial charge in [0.25, 0.3) is 0 Å². The zero-order chi connectivity index (χ0) is 13.3. The molecule has 1 atom stereocenters. The molecule has 96 valence electrons. The number of hydrogen-bond acceptors (Lipinski definition) is 3. The van der Waals surface area contributed by atoms with E-state index in [1.807, 2.05) is 6.07 Å². The number of ketones is 1. The van der Waals surface area contributed by atoms with Gasteiger partial charge in [0.05, 0.1) is 7.11 Å². The van der Waals surface area contributed by atoms with Crippen LogP contribution >= 0.6 is 0 Å². The Morgan fingerprint density at radius 2 is 2.06 bits per heavy atom. The summed E-state index contributed by atoms with van der Waals surface area (Å²) in [6, 6.07) is 5.42. The van der Waals surface area contributed by atoms with Crippen LogP contribution in [0.25, 0.3) is 0 Å². The van der Waals surface area contributed by atoms with Crippen LogP contribution in [0, 0.1) is 5.92 Å². The first-order valence-corrected chi connectivity index (χ1v) is 5.94. The molecule has 1 aliphatic rings. The molecule has 4 heteroatoms. The summed E-state index contributed by atoms with van der Waals surface area (Å²) in [4.78, 5) is 25.5. The smallest absolute Gasteiger partial charge is 0.225 e. The fraction of sp³-hybridized carbons (Fsp3) is 0.429. The summed E-state index contributed by atoms with van der Waals surface area (Å²) < 4.78 is 5.15. The van der Waals surface area contributed by atoms with Crippen molar-refractivity contribution in [3.8, 4) is 5.75 Å². The molecular formula is C14H17NO3. The molecule has 1 aromatic carbocycles. The van der Waals surface area contributed by atoms with Gasteiger partial charge in [0.15, 0.2) is 5.78 Å². The molecule has 0 aromatic heterocycles. The van der Waals surface area contributed by atoms with Gasteiger partial charge in [-0.2, -0.15) is 0 Å². The van der Waals surface area contributed by atoms with Gasteiger partial charge in [-0.15, -0.1) is 0 Å². The Kier molecular flexibility index (Phi) is 3.36. The zero-order valence-electron chi connectivity index (χ0n) is 10.9. The molecule has 4 nitrogen and oxygen atoms in total. The standard InChI is InChI=1S/C14H17NO3/c1-15(2)14(17)10-6-9-7-11(18-3)4-5-12(9)13(16)8-10/h4-5,7,10H,6,8H2,1-3H3. The third-order valence-corrected chi connectivity index (χ3v) is 3.30. The van der Waals surface area contributed by atoms with Gasteiger partial charge < -0.3 is 9.64 Å². The number of fused-ring (bicyclic) bond motifs is 1. The number of nitrogens with zero attached hydrogens (tertiary/aromatic N) is 1. The van der Waals surface area contributed by atoms with E-state index in [-0.39, 0.29) is 17.6 Å². The number of hydrogen-bond donors (Lipinski definition) is 0. The number of benzene rings is 1. The molecule has 1 amide bonds. The van der Waals surface area contributed by atoms with Crippen molar-refractivity contribution < 1.29 is 14.3 Å². The van der Waals surface area contributed by atoms with Crippen LogP contribution in [0.3, 0.4) is 0 Å². The molecule has 1 aromatic rings. The lowest BCUT2D eigenvalue weighted by atomic mass is 9.82. The third kappa shape index (κ3) is 2.23. The van der Waals surface area contributed by atoms with Crippen molar-refractivity contribution in [3.05, 3.63) is 29.3 Å². The van der Waals surface area contributed by atoms with Gasteiger partial charge in [0.2, 0.25) is 5.91 Å². The first-order valence-electron chi connectivity index (χ1n) is 5.94. The quantitative estimate of drug-likeness (QED) is 0.796. The lowest BCUT2D eigenvalue weighted by Gasteiger charge is -2.25. The Bertz CT molecular complexity index is 494. The van der Waals surface area contributed by atoms with Crippen LogP contribution in [0.2, 0.25) is 0 Å². The molecule has 0 spiro atoms. The largest absolute Gasteiger partial charge is 0.497 e. The Labute approximate surface area is 107 Å². The number of rotatable bonds is 2. The molecule has 0 saturated heterocycles. The minimum Gasteiger partial charge on any atom is -0.497 e. The predicted octanol–water partition coefficient (Wildman–Crippen LogP) is 1.53. The van der Waals surface area contributed by atoms with Crippen LogP contribution in [0.1, 0.15) is 22.3 Å². The first-order chi connectivity index (χ1) is 8.52. The van der Waals surface area contributed by atoms with Crippen LogP contribution in [0.4, 0.5) is 0 Å². The second-order valence-electron chi connectivity index (χ2n) is 4.78. The van der Waals surface area contributed by atoms with E-state index in [1.165, 1.54) is 0 Å². The van der Waals surface area contributed by atoms with Gasteiger partial charge in [0, 0.05) is 32.0 Å². The number of ether oxygens (including phenoxy) is 1. The Balaban J connectivity index is 2.31. The maximum atomic E-state index is 12.0. The monoisotopic (exact) mass is 247 g/mol. The van der Waals surface area contributed by atoms with E-state index in [1.54, 1.807) is 38.2 Å². The van der Waals surface area contributed by atoms with Gasteiger partial charge in [-0.3, -0.25) is 9.59 Å². The number of carbonyl (C=O) groups excluding carboxylic acids is 2. The normalized spacial score (nSPS) is 18.2. The van der Waals surface area contributed by atoms with Crippen molar-refractivity contribution in [1.29, 1.82) is 0 Å². The molecular weight excluding hydrogens is 230 g/mol. The van der Waals surface area contributed by atoms with Gasteiger partial charge in [-0.1, -0.05) is 0 Å². The molecule has 2 rings (SSSR count). The molecule has 0 fully saturated rings. The Morgan fingerprint density at radius 1 is 1.33 bits per heavy atom. The van der Waals surface area contributed by atoms with E-state index in [0.717, 1.165) is 16.9 Å². The highest BCUT2D eigenvalue weighted by Crippen LogP contribution is 2.29. The molecule has 1 aliphatic carbocycles. The highest BCUT2D eigenvalue weighted by molar-refractivity contribution is 6.01. The van der Waals surface area contributed by atoms with Crippen LogP contribution in [-0.4, -0.2) is 37.8 Å². The van der Waals surface area contributed by atoms with E-state index < -0.39 is 0 Å². The highest BCUT2D eigenvalue weighted by atomic mass is 16.5. The van der Waals surface area contributed by atoms with Gasteiger partial charge in [-0.05, 0) is 30.2 Å². The number of methoxy groups -OCH3 is 1. The van der Waals surface area contributed by atoms with Crippen LogP contribution in [0.5, 0.6) is 5.75 Å². The summed E-state index contributed by atoms with van der Waals surface area (Å²) in [6.07, 6.45) is 0.908. The summed E-state index contributed by atoms with van der Waals surface area (Å²) in [5, 5.41) is 0. The average Bonchev–Trinajstić information content (AvgIpc) is 2.36. The van der Waals surface area contributed by atoms with E-state index in [0.29, 0.717) is 12.8 Å². The van der Waals surface area contributed by atoms with Crippen LogP contribution in [0.15, 0.2) is 18.2 Å². The molecule has 1 unspecified atom stereocenters. The van der Waals surface area contributed by atoms with Crippen molar-refractivity contribution in [2.45, 2.75) is 12.8 Å². The van der Waals surface area contributed by atoms with E-state index in [4.69, 9.17) is 4.74 Å². The van der Waals surface area contributed by atoms with Gasteiger partial charge >= 0.3 is 0 Å². The van der Waals surface area contributed by atoms with Crippen molar-refractivity contribution in [2.24, 2.45) is 5.92 Å². The Morgan fingerprint density at radius 3 is 2.67 bits per heavy atom. The molecule has 0 N–H and O–H groups in total. The summed E-state index contributed by atoms with van der Waals surface area (Å²) in [7, 11) is 5.02. The second kappa shape index (κ2) is 4.80. The van der Waals surface area contributed by atoms with Crippen LogP contribution in [-0.2, 0) is 11.2 Å². The summed E-state index contributed by atoms with van der Waals surface area (Å²) >= 11 is 0. The maximum absolute atomic E-state index is 12.0. The van der Waals surface area contributed by atoms with E-state index in [2.05, 4.69) is 0 Å². The summed E-state index contributed by atoms with van der Waals surface area (Å²) in [5.74, 6) is 0.530. The Hall–Kier alpha value is -1.84. The maximum Gasteiger partial charge on any atom is 0.225 e. The molecule has 0 aliphatic heterocycles. The fourth-order valence-electron chi connectivity index (χ4n) is 2.35. The summed E-state index contributed by atoms with van der Waals surface area (Å²) in [5.41, 5.74) is 1.63. The first kappa shape index (κ1) is 12.6. The fourth-order valence-corrected chi connectivity index (χ4v) is 2.35. The topological polar surface area (TPSA) is 46.6 Å². The number of Topliss-reactive ketones (excluding diaryl/α,β-unsaturated/α-hetero) is 1. The van der Waals surface area contributed by atoms with Gasteiger partial charge in [-0.25, -0.2) is 0 Å². The lowest BCUT2D eigenvalue weighted by Crippen LogP contribution is -2.35. The van der Waals surface area contributed by atoms with Crippen molar-refractivity contribution in [1.82, 2.24) is 4.90 Å². The molecule has 0 bridgehead atoms. The highest BCUT2D eigenvalue weighted by Gasteiger charge is 2.30. The van der Waals surface area contributed by atoms with Crippen molar-refractivity contribution in [3.63, 3.8) is 0 Å². The predicted molar refractivity (Wildman–Crippen MR) is 67.8 cm³/mol. The molecule has 0 heterocycles. The average molecular weight is 247 g/mol. The number of carbonyl (C=O) groups is 2. The molecule has 18 heavy (non-hydrogen) atoms. The van der Waals surface area contributed by atoms with Crippen molar-refractivity contribution >= 4 is 11.7 Å².